The maximum absolute atomic E-state index is 11.6. The quantitative estimate of drug-likeness (QED) is 0.419. The van der Waals surface area contributed by atoms with E-state index in [1.165, 1.54) is 0 Å². The second kappa shape index (κ2) is 13.7. The Morgan fingerprint density at radius 3 is 2.44 bits per heavy atom. The molecule has 0 atom stereocenters. The zero-order chi connectivity index (χ0) is 25.9. The summed E-state index contributed by atoms with van der Waals surface area (Å²) in [5.74, 6) is 1.78. The summed E-state index contributed by atoms with van der Waals surface area (Å²) in [6, 6.07) is 6.04. The van der Waals surface area contributed by atoms with Crippen molar-refractivity contribution in [2.24, 2.45) is 5.92 Å². The molecule has 34 heavy (non-hydrogen) atoms. The summed E-state index contributed by atoms with van der Waals surface area (Å²) in [6.07, 6.45) is 2.23. The van der Waals surface area contributed by atoms with E-state index >= 15 is 0 Å². The molecule has 1 aromatic heterocycles. The number of H-pyrrole nitrogens is 1. The van der Waals surface area contributed by atoms with Crippen LogP contribution in [0, 0.1) is 5.92 Å². The first-order valence-corrected chi connectivity index (χ1v) is 12.6. The molecular formula is C26H46BN3O4. The predicted molar refractivity (Wildman–Crippen MR) is 142 cm³/mol. The molecule has 8 heteroatoms. The minimum atomic E-state index is -0.471. The maximum atomic E-state index is 11.6. The van der Waals surface area contributed by atoms with Gasteiger partial charge in [0.05, 0.1) is 23.2 Å². The number of imidazole rings is 1. The zero-order valence-electron chi connectivity index (χ0n) is 23.0. The first kappa shape index (κ1) is 30.0. The van der Waals surface area contributed by atoms with E-state index in [9.17, 15) is 4.79 Å². The van der Waals surface area contributed by atoms with Gasteiger partial charge in [0.2, 0.25) is 0 Å². The molecule has 0 radical (unpaired) electrons. The Labute approximate surface area is 206 Å². The van der Waals surface area contributed by atoms with E-state index in [-0.39, 0.29) is 18.8 Å². The highest BCUT2D eigenvalue weighted by atomic mass is 16.7. The number of nitrogens with zero attached hydrogens (tertiary/aromatic N) is 1. The van der Waals surface area contributed by atoms with E-state index in [4.69, 9.17) is 14.0 Å². The number of aryl methyl sites for hydroxylation is 1. The number of rotatable bonds is 6. The van der Waals surface area contributed by atoms with Crippen LogP contribution in [0.1, 0.15) is 87.9 Å². The van der Waals surface area contributed by atoms with Gasteiger partial charge in [-0.25, -0.2) is 9.78 Å². The highest BCUT2D eigenvalue weighted by Gasteiger charge is 2.38. The van der Waals surface area contributed by atoms with Crippen molar-refractivity contribution < 1.29 is 18.8 Å². The highest BCUT2D eigenvalue weighted by molar-refractivity contribution is 6.62. The predicted octanol–water partition coefficient (Wildman–Crippen LogP) is 5.62. The molecule has 2 aromatic rings. The van der Waals surface area contributed by atoms with Crippen LogP contribution in [0.25, 0.3) is 11.0 Å². The van der Waals surface area contributed by atoms with Crippen LogP contribution < -0.4 is 10.8 Å². The molecule has 0 spiro atoms. The van der Waals surface area contributed by atoms with Crippen molar-refractivity contribution in [2.75, 3.05) is 13.2 Å². The van der Waals surface area contributed by atoms with Crippen molar-refractivity contribution in [2.45, 2.75) is 99.7 Å². The van der Waals surface area contributed by atoms with Gasteiger partial charge in [0, 0.05) is 13.0 Å². The van der Waals surface area contributed by atoms with Crippen molar-refractivity contribution in [3.05, 3.63) is 24.0 Å². The number of unbranched alkanes of at least 4 members (excludes halogenated alkanes) is 1. The topological polar surface area (TPSA) is 85.5 Å². The number of nitrogens with one attached hydrogen (secondary N) is 2. The number of carbonyl (C=O) groups is 1. The average molecular weight is 475 g/mol. The van der Waals surface area contributed by atoms with Gasteiger partial charge in [-0.2, -0.15) is 0 Å². The number of amides is 1. The molecule has 0 unspecified atom stereocenters. The lowest BCUT2D eigenvalue weighted by Gasteiger charge is -2.19. The monoisotopic (exact) mass is 475 g/mol. The van der Waals surface area contributed by atoms with E-state index in [0.717, 1.165) is 47.5 Å². The third kappa shape index (κ3) is 11.4. The molecule has 0 bridgehead atoms. The summed E-state index contributed by atoms with van der Waals surface area (Å²) in [7, 11) is -0.329. The van der Waals surface area contributed by atoms with E-state index in [2.05, 4.69) is 36.1 Å². The molecular weight excluding hydrogens is 429 g/mol. The van der Waals surface area contributed by atoms with Crippen molar-refractivity contribution in [3.8, 4) is 0 Å². The van der Waals surface area contributed by atoms with Gasteiger partial charge in [-0.3, -0.25) is 0 Å². The van der Waals surface area contributed by atoms with Crippen LogP contribution in [0.15, 0.2) is 18.2 Å². The second-order valence-electron chi connectivity index (χ2n) is 10.6. The van der Waals surface area contributed by atoms with Crippen LogP contribution in [0.3, 0.4) is 0 Å². The number of aromatic amines is 1. The molecule has 0 aliphatic carbocycles. The smallest absolute Gasteiger partial charge is 0.444 e. The molecule has 0 saturated carbocycles. The fourth-order valence-corrected chi connectivity index (χ4v) is 3.07. The Bertz CT molecular complexity index is 872. The number of carbonyl (C=O) groups excluding carboxylic acids is 1. The first-order valence-electron chi connectivity index (χ1n) is 12.6. The molecule has 3 rings (SSSR count). The van der Waals surface area contributed by atoms with Crippen molar-refractivity contribution in [1.29, 1.82) is 0 Å². The molecule has 192 valence electrons. The van der Waals surface area contributed by atoms with Crippen LogP contribution in [-0.2, 0) is 20.5 Å². The standard InChI is InChI=1S/C20H30BN3O4.C4H10.C2H6/c1-19(2,3)27-18(25)22-11-7-6-8-17-23-15-10-9-14(12-16(15)24-17)21-26-13-20(4,5)28-21;1-4(2)3;1-2/h9-10,12H,6-8,11,13H2,1-5H3,(H,22,25)(H,23,24);4H,1-3H3;1-2H3. The van der Waals surface area contributed by atoms with Gasteiger partial charge in [-0.1, -0.05) is 40.7 Å². The molecule has 1 amide bonds. The summed E-state index contributed by atoms with van der Waals surface area (Å²) in [6.45, 7) is 21.3. The molecule has 1 aliphatic rings. The molecule has 2 N–H and O–H groups in total. The van der Waals surface area contributed by atoms with Gasteiger partial charge in [0.25, 0.3) is 0 Å². The van der Waals surface area contributed by atoms with Gasteiger partial charge in [0.1, 0.15) is 11.4 Å². The Kier molecular flexibility index (Phi) is 12.1. The van der Waals surface area contributed by atoms with Crippen LogP contribution in [0.4, 0.5) is 4.79 Å². The van der Waals surface area contributed by atoms with Crippen LogP contribution in [0.2, 0.25) is 0 Å². The minimum absolute atomic E-state index is 0.258. The van der Waals surface area contributed by atoms with E-state index < -0.39 is 5.60 Å². The number of benzene rings is 1. The van der Waals surface area contributed by atoms with Crippen LogP contribution in [0.5, 0.6) is 0 Å². The van der Waals surface area contributed by atoms with Gasteiger partial charge < -0.3 is 24.3 Å². The Morgan fingerprint density at radius 2 is 1.88 bits per heavy atom. The van der Waals surface area contributed by atoms with Gasteiger partial charge in [0.15, 0.2) is 0 Å². The van der Waals surface area contributed by atoms with Crippen molar-refractivity contribution in [1.82, 2.24) is 15.3 Å². The highest BCUT2D eigenvalue weighted by Crippen LogP contribution is 2.20. The second-order valence-corrected chi connectivity index (χ2v) is 10.6. The lowest BCUT2D eigenvalue weighted by Crippen LogP contribution is -2.34. The Morgan fingerprint density at radius 1 is 1.24 bits per heavy atom. The summed E-state index contributed by atoms with van der Waals surface area (Å²) < 4.78 is 16.9. The first-order chi connectivity index (χ1) is 15.8. The molecule has 2 heterocycles. The van der Waals surface area contributed by atoms with Gasteiger partial charge in [-0.05, 0) is 71.0 Å². The number of hydrogen-bond acceptors (Lipinski definition) is 5. The maximum Gasteiger partial charge on any atom is 0.494 e. The van der Waals surface area contributed by atoms with E-state index in [0.29, 0.717) is 13.2 Å². The number of fused-ring (bicyclic) bond motifs is 1. The summed E-state index contributed by atoms with van der Waals surface area (Å²) in [4.78, 5) is 19.6. The minimum Gasteiger partial charge on any atom is -0.444 e. The Hall–Kier alpha value is -2.06. The SMILES string of the molecule is CC.CC(C)(C)OC(=O)NCCCCc1nc2ccc(B3OCC(C)(C)O3)cc2[nH]1.CC(C)C. The molecule has 1 aromatic carbocycles. The van der Waals surface area contributed by atoms with Crippen LogP contribution >= 0.6 is 0 Å². The molecule has 7 nitrogen and oxygen atoms in total. The lowest BCUT2D eigenvalue weighted by atomic mass is 9.79. The summed E-state index contributed by atoms with van der Waals surface area (Å²) >= 11 is 0. The number of hydrogen-bond donors (Lipinski definition) is 2. The third-order valence-corrected chi connectivity index (χ3v) is 4.34. The molecule has 1 saturated heterocycles. The van der Waals surface area contributed by atoms with Crippen molar-refractivity contribution in [3.63, 3.8) is 0 Å². The van der Waals surface area contributed by atoms with Gasteiger partial charge in [-0.15, -0.1) is 0 Å². The van der Waals surface area contributed by atoms with Crippen molar-refractivity contribution >= 4 is 29.7 Å². The lowest BCUT2D eigenvalue weighted by molar-refractivity contribution is 0.0527. The number of alkyl carbamates (subject to hydrolysis) is 1. The summed E-state index contributed by atoms with van der Waals surface area (Å²) in [5, 5.41) is 2.78. The van der Waals surface area contributed by atoms with E-state index in [1.807, 2.05) is 66.7 Å². The average Bonchev–Trinajstić information content (AvgIpc) is 3.29. The summed E-state index contributed by atoms with van der Waals surface area (Å²) in [5.41, 5.74) is 2.18. The van der Waals surface area contributed by atoms with E-state index in [1.54, 1.807) is 0 Å². The normalized spacial score (nSPS) is 14.9. The Balaban J connectivity index is 0.000000872. The largest absolute Gasteiger partial charge is 0.494 e. The van der Waals surface area contributed by atoms with Gasteiger partial charge >= 0.3 is 13.2 Å². The number of aromatic nitrogens is 2. The molecule has 1 fully saturated rings. The fourth-order valence-electron chi connectivity index (χ4n) is 3.07. The van der Waals surface area contributed by atoms with Crippen LogP contribution in [-0.4, -0.2) is 47.5 Å². The number of ether oxygens (including phenoxy) is 1. The zero-order valence-corrected chi connectivity index (χ0v) is 23.0. The third-order valence-electron chi connectivity index (χ3n) is 4.34. The fraction of sp³-hybridized carbons (Fsp3) is 0.692. The molecule has 1 aliphatic heterocycles.